The molecule has 0 saturated carbocycles. The number of nitrogens with zero attached hydrogens (tertiary/aromatic N) is 2. The molecule has 0 radical (unpaired) electrons. The van der Waals surface area contributed by atoms with Gasteiger partial charge in [-0.25, -0.2) is 0 Å². The minimum atomic E-state index is -0.831. The Morgan fingerprint density at radius 3 is 2.82 bits per heavy atom. The van der Waals surface area contributed by atoms with Crippen molar-refractivity contribution < 1.29 is 9.52 Å². The zero-order chi connectivity index (χ0) is 12.4. The molecule has 0 spiro atoms. The van der Waals surface area contributed by atoms with Crippen LogP contribution in [0.5, 0.6) is 0 Å². The normalized spacial score (nSPS) is 12.9. The molecule has 2 aromatic heterocycles. The number of aliphatic hydroxyl groups excluding tert-OH is 1. The van der Waals surface area contributed by atoms with E-state index in [-0.39, 0.29) is 0 Å². The number of furan rings is 1. The van der Waals surface area contributed by atoms with Crippen molar-refractivity contribution in [3.8, 4) is 0 Å². The fourth-order valence-electron chi connectivity index (χ4n) is 1.66. The van der Waals surface area contributed by atoms with Gasteiger partial charge in [-0.2, -0.15) is 5.10 Å². The van der Waals surface area contributed by atoms with Gasteiger partial charge in [-0.05, 0) is 44.3 Å². The van der Waals surface area contributed by atoms with Gasteiger partial charge >= 0.3 is 0 Å². The fraction of sp³-hybridized carbons (Fsp3) is 0.364. The number of hydrogen-bond donors (Lipinski definition) is 1. The Kier molecular flexibility index (Phi) is 4.06. The second kappa shape index (κ2) is 5.37. The van der Waals surface area contributed by atoms with E-state index >= 15 is 0 Å². The highest BCUT2D eigenvalue weighted by Gasteiger charge is 2.23. The monoisotopic (exact) mass is 362 g/mol. The van der Waals surface area contributed by atoms with Crippen LogP contribution in [0.15, 0.2) is 31.9 Å². The Balaban J connectivity index is 2.39. The third kappa shape index (κ3) is 2.48. The lowest BCUT2D eigenvalue weighted by molar-refractivity contribution is 0.176. The van der Waals surface area contributed by atoms with E-state index in [9.17, 15) is 5.11 Å². The van der Waals surface area contributed by atoms with Crippen LogP contribution < -0.4 is 0 Å². The van der Waals surface area contributed by atoms with Gasteiger partial charge in [0, 0.05) is 6.54 Å². The minimum absolute atomic E-state index is 0.489. The summed E-state index contributed by atoms with van der Waals surface area (Å²) in [6.07, 6.45) is 3.35. The molecular weight excluding hydrogens is 352 g/mol. The van der Waals surface area contributed by atoms with E-state index in [4.69, 9.17) is 4.42 Å². The number of rotatable bonds is 4. The summed E-state index contributed by atoms with van der Waals surface area (Å²) in [6, 6.07) is 1.76. The van der Waals surface area contributed by atoms with Gasteiger partial charge in [-0.3, -0.25) is 4.68 Å². The Morgan fingerprint density at radius 2 is 2.24 bits per heavy atom. The maximum atomic E-state index is 10.3. The SMILES string of the molecule is CCCn1ncc(Br)c1C(O)c1occc1Br. The molecule has 0 aliphatic carbocycles. The Morgan fingerprint density at radius 1 is 1.47 bits per heavy atom. The summed E-state index contributed by atoms with van der Waals surface area (Å²) < 4.78 is 8.59. The Hall–Kier alpha value is -0.590. The molecule has 2 rings (SSSR count). The first-order chi connectivity index (χ1) is 8.15. The molecule has 6 heteroatoms. The van der Waals surface area contributed by atoms with Crippen molar-refractivity contribution in [2.45, 2.75) is 26.0 Å². The molecule has 1 atom stereocenters. The van der Waals surface area contributed by atoms with E-state index in [1.807, 2.05) is 0 Å². The lowest BCUT2D eigenvalue weighted by Gasteiger charge is -2.12. The zero-order valence-electron chi connectivity index (χ0n) is 9.23. The van der Waals surface area contributed by atoms with Crippen molar-refractivity contribution in [1.82, 2.24) is 9.78 Å². The molecule has 4 nitrogen and oxygen atoms in total. The van der Waals surface area contributed by atoms with E-state index in [1.165, 1.54) is 6.26 Å². The predicted octanol–water partition coefficient (Wildman–Crippen LogP) is 3.49. The van der Waals surface area contributed by atoms with Crippen LogP contribution in [0, 0.1) is 0 Å². The van der Waals surface area contributed by atoms with Crippen molar-refractivity contribution in [1.29, 1.82) is 0 Å². The molecule has 0 aliphatic rings. The Bertz CT molecular complexity index is 507. The summed E-state index contributed by atoms with van der Waals surface area (Å²) >= 11 is 6.74. The van der Waals surface area contributed by atoms with Gasteiger partial charge in [0.2, 0.25) is 0 Å². The van der Waals surface area contributed by atoms with Crippen LogP contribution in [0.25, 0.3) is 0 Å². The van der Waals surface area contributed by atoms with Crippen LogP contribution >= 0.6 is 31.9 Å². The van der Waals surface area contributed by atoms with E-state index < -0.39 is 6.10 Å². The summed E-state index contributed by atoms with van der Waals surface area (Å²) in [5, 5.41) is 14.5. The number of aromatic nitrogens is 2. The molecule has 0 saturated heterocycles. The minimum Gasteiger partial charge on any atom is -0.465 e. The average molecular weight is 364 g/mol. The summed E-state index contributed by atoms with van der Waals surface area (Å²) in [5.74, 6) is 0.489. The Labute approximate surface area is 116 Å². The van der Waals surface area contributed by atoms with Crippen LogP contribution in [0.2, 0.25) is 0 Å². The maximum Gasteiger partial charge on any atom is 0.155 e. The van der Waals surface area contributed by atoms with E-state index in [0.717, 1.165) is 21.9 Å². The smallest absolute Gasteiger partial charge is 0.155 e. The van der Waals surface area contributed by atoms with Gasteiger partial charge in [0.1, 0.15) is 0 Å². The number of aliphatic hydroxyl groups is 1. The lowest BCUT2D eigenvalue weighted by atomic mass is 10.2. The van der Waals surface area contributed by atoms with Gasteiger partial charge in [-0.15, -0.1) is 0 Å². The molecular formula is C11H12Br2N2O2. The average Bonchev–Trinajstić information content (AvgIpc) is 2.86. The van der Waals surface area contributed by atoms with Crippen LogP contribution in [0.4, 0.5) is 0 Å². The molecule has 0 bridgehead atoms. The molecule has 2 heterocycles. The highest BCUT2D eigenvalue weighted by Crippen LogP contribution is 2.33. The highest BCUT2D eigenvalue weighted by atomic mass is 79.9. The van der Waals surface area contributed by atoms with E-state index in [1.54, 1.807) is 16.9 Å². The van der Waals surface area contributed by atoms with Crippen molar-refractivity contribution in [3.05, 3.63) is 38.9 Å². The predicted molar refractivity (Wildman–Crippen MR) is 70.7 cm³/mol. The van der Waals surface area contributed by atoms with Crippen LogP contribution in [0.3, 0.4) is 0 Å². The van der Waals surface area contributed by atoms with Gasteiger partial charge in [0.05, 0.1) is 27.1 Å². The summed E-state index contributed by atoms with van der Waals surface area (Å²) in [7, 11) is 0. The first-order valence-electron chi connectivity index (χ1n) is 5.27. The number of hydrogen-bond acceptors (Lipinski definition) is 3. The molecule has 17 heavy (non-hydrogen) atoms. The zero-order valence-corrected chi connectivity index (χ0v) is 12.4. The summed E-state index contributed by atoms with van der Waals surface area (Å²) in [6.45, 7) is 2.82. The molecule has 1 N–H and O–H groups in total. The summed E-state index contributed by atoms with van der Waals surface area (Å²) in [4.78, 5) is 0. The van der Waals surface area contributed by atoms with Crippen molar-refractivity contribution in [2.24, 2.45) is 0 Å². The highest BCUT2D eigenvalue weighted by molar-refractivity contribution is 9.10. The molecule has 1 unspecified atom stereocenters. The molecule has 0 aliphatic heterocycles. The quantitative estimate of drug-likeness (QED) is 0.904. The first-order valence-corrected chi connectivity index (χ1v) is 6.86. The van der Waals surface area contributed by atoms with E-state index in [2.05, 4.69) is 43.9 Å². The molecule has 0 fully saturated rings. The van der Waals surface area contributed by atoms with Gasteiger partial charge in [0.15, 0.2) is 11.9 Å². The standard InChI is InChI=1S/C11H12Br2N2O2/c1-2-4-15-9(8(13)6-14-15)10(16)11-7(12)3-5-17-11/h3,5-6,10,16H,2,4H2,1H3. The van der Waals surface area contributed by atoms with Crippen LogP contribution in [-0.4, -0.2) is 14.9 Å². The molecule has 2 aromatic rings. The second-order valence-electron chi connectivity index (χ2n) is 3.64. The van der Waals surface area contributed by atoms with Crippen molar-refractivity contribution in [3.63, 3.8) is 0 Å². The number of halogens is 2. The van der Waals surface area contributed by atoms with Crippen LogP contribution in [0.1, 0.15) is 30.9 Å². The van der Waals surface area contributed by atoms with Crippen molar-refractivity contribution >= 4 is 31.9 Å². The van der Waals surface area contributed by atoms with E-state index in [0.29, 0.717) is 11.5 Å². The first kappa shape index (κ1) is 12.9. The van der Waals surface area contributed by atoms with Crippen molar-refractivity contribution in [2.75, 3.05) is 0 Å². The maximum absolute atomic E-state index is 10.3. The molecule has 0 amide bonds. The van der Waals surface area contributed by atoms with Gasteiger partial charge in [-0.1, -0.05) is 6.92 Å². The van der Waals surface area contributed by atoms with Gasteiger partial charge < -0.3 is 9.52 Å². The third-order valence-electron chi connectivity index (χ3n) is 2.42. The lowest BCUT2D eigenvalue weighted by Crippen LogP contribution is -2.10. The third-order valence-corrected chi connectivity index (χ3v) is 3.69. The molecule has 92 valence electrons. The second-order valence-corrected chi connectivity index (χ2v) is 5.34. The number of aryl methyl sites for hydroxylation is 1. The van der Waals surface area contributed by atoms with Gasteiger partial charge in [0.25, 0.3) is 0 Å². The largest absolute Gasteiger partial charge is 0.465 e. The topological polar surface area (TPSA) is 51.2 Å². The summed E-state index contributed by atoms with van der Waals surface area (Å²) in [5.41, 5.74) is 0.711. The van der Waals surface area contributed by atoms with Crippen LogP contribution in [-0.2, 0) is 6.54 Å². The fourth-order valence-corrected chi connectivity index (χ4v) is 2.59. The molecule has 0 aromatic carbocycles.